The quantitative estimate of drug-likeness (QED) is 0.763. The SMILES string of the molecule is CN(Cc1nnc(C2CCOCC2)o1)C1CN(c2ccc(C3CC3)nn2)C1. The highest BCUT2D eigenvalue weighted by atomic mass is 16.5. The molecule has 1 saturated carbocycles. The van der Waals surface area contributed by atoms with E-state index >= 15 is 0 Å². The lowest BCUT2D eigenvalue weighted by Gasteiger charge is -2.44. The molecule has 0 spiro atoms. The molecule has 8 heteroatoms. The molecule has 0 aromatic carbocycles. The predicted molar refractivity (Wildman–Crippen MR) is 98.6 cm³/mol. The Balaban J connectivity index is 1.12. The van der Waals surface area contributed by atoms with E-state index in [1.807, 2.05) is 0 Å². The summed E-state index contributed by atoms with van der Waals surface area (Å²) in [5, 5.41) is 17.3. The van der Waals surface area contributed by atoms with E-state index in [-0.39, 0.29) is 0 Å². The smallest absolute Gasteiger partial charge is 0.230 e. The van der Waals surface area contributed by atoms with Crippen molar-refractivity contribution in [2.75, 3.05) is 38.3 Å². The summed E-state index contributed by atoms with van der Waals surface area (Å²) in [6, 6.07) is 4.70. The molecular weight excluding hydrogens is 344 g/mol. The van der Waals surface area contributed by atoms with Gasteiger partial charge in [-0.05, 0) is 44.9 Å². The van der Waals surface area contributed by atoms with Gasteiger partial charge in [0.15, 0.2) is 5.82 Å². The Hall–Kier alpha value is -2.06. The molecule has 144 valence electrons. The second kappa shape index (κ2) is 7.16. The monoisotopic (exact) mass is 370 g/mol. The maximum Gasteiger partial charge on any atom is 0.230 e. The predicted octanol–water partition coefficient (Wildman–Crippen LogP) is 1.95. The molecule has 0 unspecified atom stereocenters. The summed E-state index contributed by atoms with van der Waals surface area (Å²) in [6.07, 6.45) is 4.46. The third kappa shape index (κ3) is 3.68. The van der Waals surface area contributed by atoms with E-state index < -0.39 is 0 Å². The van der Waals surface area contributed by atoms with E-state index in [1.165, 1.54) is 12.8 Å². The zero-order chi connectivity index (χ0) is 18.2. The molecule has 2 aliphatic heterocycles. The molecule has 2 aromatic rings. The van der Waals surface area contributed by atoms with Crippen molar-refractivity contribution >= 4 is 5.82 Å². The molecule has 0 amide bonds. The van der Waals surface area contributed by atoms with Crippen LogP contribution in [0.2, 0.25) is 0 Å². The van der Waals surface area contributed by atoms with Crippen LogP contribution in [0.4, 0.5) is 5.82 Å². The van der Waals surface area contributed by atoms with Crippen LogP contribution in [0.15, 0.2) is 16.5 Å². The van der Waals surface area contributed by atoms with Gasteiger partial charge in [0, 0.05) is 44.2 Å². The van der Waals surface area contributed by atoms with Gasteiger partial charge in [0.25, 0.3) is 0 Å². The van der Waals surface area contributed by atoms with Gasteiger partial charge in [0.05, 0.1) is 12.2 Å². The maximum atomic E-state index is 5.91. The van der Waals surface area contributed by atoms with Gasteiger partial charge in [-0.1, -0.05) is 0 Å². The van der Waals surface area contributed by atoms with Crippen molar-refractivity contribution in [1.82, 2.24) is 25.3 Å². The fraction of sp³-hybridized carbons (Fsp3) is 0.684. The number of rotatable bonds is 6. The van der Waals surface area contributed by atoms with Crippen molar-refractivity contribution in [3.05, 3.63) is 29.6 Å². The lowest BCUT2D eigenvalue weighted by atomic mass is 10.0. The topological polar surface area (TPSA) is 80.4 Å². The van der Waals surface area contributed by atoms with Crippen LogP contribution in [0, 0.1) is 0 Å². The first-order valence-electron chi connectivity index (χ1n) is 9.95. The Morgan fingerprint density at radius 1 is 1.00 bits per heavy atom. The van der Waals surface area contributed by atoms with E-state index in [9.17, 15) is 0 Å². The van der Waals surface area contributed by atoms with Gasteiger partial charge in [0.2, 0.25) is 11.8 Å². The Bertz CT molecular complexity index is 763. The molecule has 4 heterocycles. The minimum Gasteiger partial charge on any atom is -0.424 e. The van der Waals surface area contributed by atoms with Crippen LogP contribution in [0.3, 0.4) is 0 Å². The molecule has 0 radical (unpaired) electrons. The highest BCUT2D eigenvalue weighted by Gasteiger charge is 2.33. The maximum absolute atomic E-state index is 5.91. The lowest BCUT2D eigenvalue weighted by molar-refractivity contribution is 0.0786. The Labute approximate surface area is 158 Å². The van der Waals surface area contributed by atoms with Crippen molar-refractivity contribution in [3.8, 4) is 0 Å². The highest BCUT2D eigenvalue weighted by Crippen LogP contribution is 2.39. The van der Waals surface area contributed by atoms with Crippen LogP contribution < -0.4 is 4.90 Å². The van der Waals surface area contributed by atoms with Crippen LogP contribution in [0.1, 0.15) is 55.0 Å². The zero-order valence-corrected chi connectivity index (χ0v) is 15.8. The molecular formula is C19H26N6O2. The fourth-order valence-corrected chi connectivity index (χ4v) is 3.80. The van der Waals surface area contributed by atoms with E-state index in [4.69, 9.17) is 9.15 Å². The molecule has 2 saturated heterocycles. The fourth-order valence-electron chi connectivity index (χ4n) is 3.80. The standard InChI is InChI=1S/C19H26N6O2/c1-24(12-18-22-23-19(27-18)14-6-8-26-9-7-14)15-10-25(11-15)17-5-4-16(20-21-17)13-2-3-13/h4-5,13-15H,2-3,6-12H2,1H3. The number of anilines is 1. The summed E-state index contributed by atoms with van der Waals surface area (Å²) >= 11 is 0. The van der Waals surface area contributed by atoms with Gasteiger partial charge in [-0.15, -0.1) is 15.3 Å². The second-order valence-corrected chi connectivity index (χ2v) is 7.99. The summed E-state index contributed by atoms with van der Waals surface area (Å²) < 4.78 is 11.3. The van der Waals surface area contributed by atoms with Gasteiger partial charge in [-0.25, -0.2) is 0 Å². The van der Waals surface area contributed by atoms with E-state index in [2.05, 4.69) is 49.4 Å². The van der Waals surface area contributed by atoms with Crippen molar-refractivity contribution in [1.29, 1.82) is 0 Å². The number of aromatic nitrogens is 4. The number of ether oxygens (including phenoxy) is 1. The Morgan fingerprint density at radius 3 is 2.52 bits per heavy atom. The highest BCUT2D eigenvalue weighted by molar-refractivity contribution is 5.42. The van der Waals surface area contributed by atoms with Crippen LogP contribution in [-0.4, -0.2) is 64.7 Å². The molecule has 27 heavy (non-hydrogen) atoms. The number of likely N-dealkylation sites (N-methyl/N-ethyl adjacent to an activating group) is 1. The average Bonchev–Trinajstić information content (AvgIpc) is 3.41. The third-order valence-electron chi connectivity index (χ3n) is 5.91. The van der Waals surface area contributed by atoms with E-state index in [1.54, 1.807) is 0 Å². The molecule has 5 rings (SSSR count). The largest absolute Gasteiger partial charge is 0.424 e. The summed E-state index contributed by atoms with van der Waals surface area (Å²) in [7, 11) is 2.11. The molecule has 1 aliphatic carbocycles. The van der Waals surface area contributed by atoms with Crippen LogP contribution >= 0.6 is 0 Å². The minimum absolute atomic E-state index is 0.349. The Kier molecular flexibility index (Phi) is 4.53. The first kappa shape index (κ1) is 17.1. The molecule has 3 fully saturated rings. The van der Waals surface area contributed by atoms with Gasteiger partial charge >= 0.3 is 0 Å². The van der Waals surface area contributed by atoms with E-state index in [0.717, 1.165) is 56.5 Å². The van der Waals surface area contributed by atoms with Crippen molar-refractivity contribution < 1.29 is 9.15 Å². The van der Waals surface area contributed by atoms with Crippen molar-refractivity contribution in [2.24, 2.45) is 0 Å². The normalized spacial score (nSPS) is 21.6. The van der Waals surface area contributed by atoms with Crippen LogP contribution in [-0.2, 0) is 11.3 Å². The number of hydrogen-bond acceptors (Lipinski definition) is 8. The average molecular weight is 370 g/mol. The minimum atomic E-state index is 0.349. The van der Waals surface area contributed by atoms with Crippen LogP contribution in [0.25, 0.3) is 0 Å². The molecule has 0 N–H and O–H groups in total. The number of nitrogens with zero attached hydrogens (tertiary/aromatic N) is 6. The Morgan fingerprint density at radius 2 is 1.81 bits per heavy atom. The zero-order valence-electron chi connectivity index (χ0n) is 15.8. The molecule has 0 atom stereocenters. The number of hydrogen-bond donors (Lipinski definition) is 0. The van der Waals surface area contributed by atoms with Crippen molar-refractivity contribution in [2.45, 2.75) is 50.1 Å². The van der Waals surface area contributed by atoms with Gasteiger partial charge in [-0.3, -0.25) is 4.90 Å². The molecule has 8 nitrogen and oxygen atoms in total. The summed E-state index contributed by atoms with van der Waals surface area (Å²) in [6.45, 7) is 4.15. The molecule has 0 bridgehead atoms. The summed E-state index contributed by atoms with van der Waals surface area (Å²) in [5.74, 6) is 3.45. The molecule has 2 aromatic heterocycles. The first-order chi connectivity index (χ1) is 13.3. The van der Waals surface area contributed by atoms with Gasteiger partial charge < -0.3 is 14.1 Å². The second-order valence-electron chi connectivity index (χ2n) is 7.99. The van der Waals surface area contributed by atoms with Crippen molar-refractivity contribution in [3.63, 3.8) is 0 Å². The van der Waals surface area contributed by atoms with Crippen LogP contribution in [0.5, 0.6) is 0 Å². The lowest BCUT2D eigenvalue weighted by Crippen LogP contribution is -2.58. The van der Waals surface area contributed by atoms with Gasteiger partial charge in [0.1, 0.15) is 0 Å². The van der Waals surface area contributed by atoms with E-state index in [0.29, 0.717) is 30.3 Å². The molecule has 3 aliphatic rings. The summed E-state index contributed by atoms with van der Waals surface area (Å²) in [4.78, 5) is 4.55. The summed E-state index contributed by atoms with van der Waals surface area (Å²) in [5.41, 5.74) is 1.14. The van der Waals surface area contributed by atoms with Gasteiger partial charge in [-0.2, -0.15) is 5.10 Å². The first-order valence-corrected chi connectivity index (χ1v) is 9.95. The third-order valence-corrected chi connectivity index (χ3v) is 5.91.